The molecule has 116 valence electrons. The van der Waals surface area contributed by atoms with Gasteiger partial charge in [0.15, 0.2) is 15.8 Å². The first-order valence-corrected chi connectivity index (χ1v) is 8.35. The summed E-state index contributed by atoms with van der Waals surface area (Å²) in [6.07, 6.45) is 3.43. The summed E-state index contributed by atoms with van der Waals surface area (Å²) >= 11 is 0. The summed E-state index contributed by atoms with van der Waals surface area (Å²) in [5.74, 6) is 0.683. The van der Waals surface area contributed by atoms with Gasteiger partial charge in [0.25, 0.3) is 0 Å². The average Bonchev–Trinajstić information content (AvgIpc) is 2.24. The number of nitrogens with zero attached hydrogens (tertiary/aromatic N) is 1. The van der Waals surface area contributed by atoms with E-state index in [-0.39, 0.29) is 30.5 Å². The Morgan fingerprint density at radius 2 is 1.79 bits per heavy atom. The van der Waals surface area contributed by atoms with Crippen LogP contribution in [-0.4, -0.2) is 45.0 Å². The lowest BCUT2D eigenvalue weighted by Gasteiger charge is -2.21. The van der Waals surface area contributed by atoms with Crippen LogP contribution in [0.4, 0.5) is 0 Å². The Hall–Kier alpha value is -0.0500. The summed E-state index contributed by atoms with van der Waals surface area (Å²) in [4.78, 5) is 4.34. The summed E-state index contributed by atoms with van der Waals surface area (Å²) in [5.41, 5.74) is 0. The van der Waals surface area contributed by atoms with Gasteiger partial charge in [-0.05, 0) is 27.2 Å². The molecule has 0 aromatic heterocycles. The number of sulfone groups is 1. The standard InChI is InChI=1S/C12H27N3O2S.HI/c1-6-8-9-14-11(13-7-2)15-10-12(3,4)18(5,16)17;/h6-10H2,1-5H3,(H2,13,14,15);1H. The van der Waals surface area contributed by atoms with Gasteiger partial charge in [0, 0.05) is 19.3 Å². The van der Waals surface area contributed by atoms with Crippen molar-refractivity contribution in [3.63, 3.8) is 0 Å². The highest BCUT2D eigenvalue weighted by Crippen LogP contribution is 2.14. The Kier molecular flexibility index (Phi) is 11.0. The first-order valence-electron chi connectivity index (χ1n) is 6.46. The van der Waals surface area contributed by atoms with Gasteiger partial charge in [-0.1, -0.05) is 13.3 Å². The minimum atomic E-state index is -3.10. The Morgan fingerprint density at radius 3 is 2.21 bits per heavy atom. The molecule has 7 heteroatoms. The minimum Gasteiger partial charge on any atom is -0.357 e. The van der Waals surface area contributed by atoms with Crippen molar-refractivity contribution < 1.29 is 8.42 Å². The zero-order chi connectivity index (χ0) is 14.2. The predicted molar refractivity (Wildman–Crippen MR) is 93.2 cm³/mol. The quantitative estimate of drug-likeness (QED) is 0.293. The van der Waals surface area contributed by atoms with Crippen LogP contribution >= 0.6 is 24.0 Å². The van der Waals surface area contributed by atoms with Crippen LogP contribution < -0.4 is 10.6 Å². The summed E-state index contributed by atoms with van der Waals surface area (Å²) in [6.45, 7) is 9.37. The molecule has 0 aliphatic rings. The van der Waals surface area contributed by atoms with Crippen molar-refractivity contribution in [3.8, 4) is 0 Å². The number of nitrogens with one attached hydrogen (secondary N) is 2. The van der Waals surface area contributed by atoms with Crippen LogP contribution in [0.3, 0.4) is 0 Å². The third kappa shape index (κ3) is 8.67. The number of hydrogen-bond acceptors (Lipinski definition) is 3. The Bertz CT molecular complexity index is 367. The van der Waals surface area contributed by atoms with E-state index in [4.69, 9.17) is 0 Å². The molecule has 0 rings (SSSR count). The Labute approximate surface area is 135 Å². The molecule has 5 nitrogen and oxygen atoms in total. The molecule has 2 N–H and O–H groups in total. The van der Waals surface area contributed by atoms with E-state index in [0.717, 1.165) is 25.9 Å². The molecule has 0 radical (unpaired) electrons. The molecule has 0 aromatic carbocycles. The highest BCUT2D eigenvalue weighted by molar-refractivity contribution is 14.0. The molecule has 0 fully saturated rings. The number of halogens is 1. The molecular weight excluding hydrogens is 377 g/mol. The Balaban J connectivity index is 0. The SMILES string of the molecule is CCCCNC(=NCC(C)(C)S(C)(=O)=O)NCC.I. The summed E-state index contributed by atoms with van der Waals surface area (Å²) in [5, 5.41) is 6.30. The van der Waals surface area contributed by atoms with Crippen molar-refractivity contribution >= 4 is 39.8 Å². The van der Waals surface area contributed by atoms with Crippen molar-refractivity contribution in [2.45, 2.75) is 45.3 Å². The van der Waals surface area contributed by atoms with E-state index >= 15 is 0 Å². The molecule has 0 aliphatic carbocycles. The van der Waals surface area contributed by atoms with Crippen LogP contribution in [0.15, 0.2) is 4.99 Å². The van der Waals surface area contributed by atoms with Crippen LogP contribution in [0.5, 0.6) is 0 Å². The summed E-state index contributed by atoms with van der Waals surface area (Å²) < 4.78 is 22.3. The molecule has 19 heavy (non-hydrogen) atoms. The monoisotopic (exact) mass is 405 g/mol. The number of guanidine groups is 1. The lowest BCUT2D eigenvalue weighted by Crippen LogP contribution is -2.40. The maximum absolute atomic E-state index is 11.6. The highest BCUT2D eigenvalue weighted by atomic mass is 127. The molecule has 0 saturated heterocycles. The molecule has 0 bridgehead atoms. The molecule has 0 atom stereocenters. The van der Waals surface area contributed by atoms with Crippen LogP contribution in [-0.2, 0) is 9.84 Å². The molecule has 0 aliphatic heterocycles. The van der Waals surface area contributed by atoms with Crippen LogP contribution in [0, 0.1) is 0 Å². The lowest BCUT2D eigenvalue weighted by atomic mass is 10.2. The summed E-state index contributed by atoms with van der Waals surface area (Å²) in [7, 11) is -3.10. The van der Waals surface area contributed by atoms with Gasteiger partial charge in [0.2, 0.25) is 0 Å². The zero-order valence-corrected chi connectivity index (χ0v) is 15.8. The Morgan fingerprint density at radius 1 is 1.21 bits per heavy atom. The van der Waals surface area contributed by atoms with E-state index in [0.29, 0.717) is 5.96 Å². The van der Waals surface area contributed by atoms with Gasteiger partial charge in [-0.2, -0.15) is 0 Å². The molecule has 0 saturated carbocycles. The van der Waals surface area contributed by atoms with Crippen LogP contribution in [0.1, 0.15) is 40.5 Å². The molecule has 0 spiro atoms. The summed E-state index contributed by atoms with van der Waals surface area (Å²) in [6, 6.07) is 0. The largest absolute Gasteiger partial charge is 0.357 e. The van der Waals surface area contributed by atoms with Gasteiger partial charge in [-0.15, -0.1) is 24.0 Å². The average molecular weight is 405 g/mol. The minimum absolute atomic E-state index is 0. The fourth-order valence-electron chi connectivity index (χ4n) is 1.11. The fraction of sp³-hybridized carbons (Fsp3) is 0.917. The van der Waals surface area contributed by atoms with Gasteiger partial charge in [-0.25, -0.2) is 8.42 Å². The van der Waals surface area contributed by atoms with Crippen LogP contribution in [0.25, 0.3) is 0 Å². The van der Waals surface area contributed by atoms with Gasteiger partial charge in [0.1, 0.15) is 0 Å². The van der Waals surface area contributed by atoms with E-state index in [1.807, 2.05) is 6.92 Å². The second-order valence-corrected chi connectivity index (χ2v) is 7.66. The van der Waals surface area contributed by atoms with E-state index in [9.17, 15) is 8.42 Å². The van der Waals surface area contributed by atoms with Gasteiger partial charge in [0.05, 0.1) is 11.3 Å². The number of aliphatic imine (C=N–C) groups is 1. The maximum atomic E-state index is 11.6. The van der Waals surface area contributed by atoms with E-state index in [1.54, 1.807) is 13.8 Å². The molecule has 0 amide bonds. The first-order chi connectivity index (χ1) is 8.24. The third-order valence-electron chi connectivity index (χ3n) is 2.79. The molecule has 0 heterocycles. The maximum Gasteiger partial charge on any atom is 0.191 e. The first kappa shape index (κ1) is 21.3. The predicted octanol–water partition coefficient (Wildman–Crippen LogP) is 1.78. The third-order valence-corrected chi connectivity index (χ3v) is 4.93. The van der Waals surface area contributed by atoms with Gasteiger partial charge < -0.3 is 10.6 Å². The normalized spacial score (nSPS) is 12.8. The number of rotatable bonds is 7. The van der Waals surface area contributed by atoms with Crippen molar-refractivity contribution in [3.05, 3.63) is 0 Å². The smallest absolute Gasteiger partial charge is 0.191 e. The van der Waals surface area contributed by atoms with Gasteiger partial charge >= 0.3 is 0 Å². The second kappa shape index (κ2) is 9.79. The van der Waals surface area contributed by atoms with Crippen molar-refractivity contribution in [1.29, 1.82) is 0 Å². The lowest BCUT2D eigenvalue weighted by molar-refractivity contribution is 0.554. The highest BCUT2D eigenvalue weighted by Gasteiger charge is 2.29. The number of hydrogen-bond donors (Lipinski definition) is 2. The topological polar surface area (TPSA) is 70.6 Å². The van der Waals surface area contributed by atoms with E-state index in [1.165, 1.54) is 6.26 Å². The molecule has 0 aromatic rings. The second-order valence-electron chi connectivity index (χ2n) is 5.01. The fourth-order valence-corrected chi connectivity index (χ4v) is 1.41. The number of unbranched alkanes of at least 4 members (excludes halogenated alkanes) is 1. The van der Waals surface area contributed by atoms with E-state index < -0.39 is 14.6 Å². The molecule has 0 unspecified atom stereocenters. The zero-order valence-electron chi connectivity index (χ0n) is 12.6. The molecular formula is C12H28IN3O2S. The van der Waals surface area contributed by atoms with Crippen molar-refractivity contribution in [1.82, 2.24) is 10.6 Å². The van der Waals surface area contributed by atoms with E-state index in [2.05, 4.69) is 22.5 Å². The van der Waals surface area contributed by atoms with Crippen molar-refractivity contribution in [2.24, 2.45) is 4.99 Å². The van der Waals surface area contributed by atoms with Crippen molar-refractivity contribution in [2.75, 3.05) is 25.9 Å². The van der Waals surface area contributed by atoms with Gasteiger partial charge in [-0.3, -0.25) is 4.99 Å². The van der Waals surface area contributed by atoms with Crippen LogP contribution in [0.2, 0.25) is 0 Å².